The topological polar surface area (TPSA) is 79.9 Å². The van der Waals surface area contributed by atoms with E-state index in [0.29, 0.717) is 25.6 Å². The number of pyridine rings is 1. The molecular formula is C18H24N6O2S. The minimum absolute atomic E-state index is 0.544. The molecule has 0 unspecified atom stereocenters. The molecule has 3 aromatic rings. The van der Waals surface area contributed by atoms with Gasteiger partial charge in [-0.05, 0) is 25.5 Å². The molecule has 0 spiro atoms. The standard InChI is InChI=1S/C18H24N6O2S/c1-4-23-12-15(17(22-23)26-5-2)16-20-21-18(24(16)9-10-25-3)27-13-14-7-6-8-19-11-14/h6-8,11-12H,4-5,9-10,13H2,1-3H3. The summed E-state index contributed by atoms with van der Waals surface area (Å²) in [6, 6.07) is 3.99. The number of ether oxygens (including phenoxy) is 2. The van der Waals surface area contributed by atoms with E-state index in [4.69, 9.17) is 9.47 Å². The van der Waals surface area contributed by atoms with Crippen molar-refractivity contribution in [1.29, 1.82) is 0 Å². The van der Waals surface area contributed by atoms with Gasteiger partial charge in [0.25, 0.3) is 0 Å². The molecule has 0 aromatic carbocycles. The number of nitrogens with zero attached hydrogens (tertiary/aromatic N) is 6. The zero-order valence-electron chi connectivity index (χ0n) is 15.8. The Hall–Kier alpha value is -2.39. The van der Waals surface area contributed by atoms with Crippen LogP contribution in [-0.4, -0.2) is 49.9 Å². The SMILES string of the molecule is CCOc1nn(CC)cc1-c1nnc(SCc2cccnc2)n1CCOC. The molecule has 3 aromatic heterocycles. The van der Waals surface area contributed by atoms with Crippen molar-refractivity contribution in [2.45, 2.75) is 37.8 Å². The van der Waals surface area contributed by atoms with Crippen LogP contribution in [0.25, 0.3) is 11.4 Å². The predicted molar refractivity (Wildman–Crippen MR) is 104 cm³/mol. The predicted octanol–water partition coefficient (Wildman–Crippen LogP) is 2.89. The molecule has 0 amide bonds. The van der Waals surface area contributed by atoms with Crippen molar-refractivity contribution in [3.05, 3.63) is 36.3 Å². The number of aromatic nitrogens is 6. The maximum absolute atomic E-state index is 5.71. The van der Waals surface area contributed by atoms with Gasteiger partial charge in [-0.25, -0.2) is 0 Å². The van der Waals surface area contributed by atoms with Crippen LogP contribution in [0.1, 0.15) is 19.4 Å². The Bertz CT molecular complexity index is 849. The maximum atomic E-state index is 5.71. The first-order valence-electron chi connectivity index (χ1n) is 8.91. The normalized spacial score (nSPS) is 11.1. The molecule has 8 nitrogen and oxygen atoms in total. The number of methoxy groups -OCH3 is 1. The van der Waals surface area contributed by atoms with Gasteiger partial charge in [0.2, 0.25) is 5.88 Å². The lowest BCUT2D eigenvalue weighted by atomic mass is 10.3. The van der Waals surface area contributed by atoms with Crippen LogP contribution in [0.15, 0.2) is 35.9 Å². The van der Waals surface area contributed by atoms with Crippen LogP contribution in [-0.2, 0) is 23.6 Å². The highest BCUT2D eigenvalue weighted by Crippen LogP contribution is 2.31. The molecule has 144 valence electrons. The van der Waals surface area contributed by atoms with Crippen LogP contribution in [0, 0.1) is 0 Å². The van der Waals surface area contributed by atoms with E-state index in [1.807, 2.05) is 37.0 Å². The summed E-state index contributed by atoms with van der Waals surface area (Å²) in [7, 11) is 1.69. The second kappa shape index (κ2) is 9.52. The van der Waals surface area contributed by atoms with Crippen molar-refractivity contribution in [2.75, 3.05) is 20.3 Å². The molecule has 0 bridgehead atoms. The lowest BCUT2D eigenvalue weighted by Crippen LogP contribution is -2.08. The molecule has 0 aliphatic rings. The molecule has 27 heavy (non-hydrogen) atoms. The summed E-state index contributed by atoms with van der Waals surface area (Å²) in [6.45, 7) is 6.50. The summed E-state index contributed by atoms with van der Waals surface area (Å²) < 4.78 is 14.9. The van der Waals surface area contributed by atoms with Crippen LogP contribution in [0.2, 0.25) is 0 Å². The van der Waals surface area contributed by atoms with Crippen LogP contribution in [0.5, 0.6) is 5.88 Å². The lowest BCUT2D eigenvalue weighted by molar-refractivity contribution is 0.185. The highest BCUT2D eigenvalue weighted by molar-refractivity contribution is 7.98. The number of rotatable bonds is 10. The fraction of sp³-hybridized carbons (Fsp3) is 0.444. The van der Waals surface area contributed by atoms with Crippen LogP contribution in [0.3, 0.4) is 0 Å². The Morgan fingerprint density at radius 2 is 2.11 bits per heavy atom. The Balaban J connectivity index is 1.91. The molecule has 9 heteroatoms. The molecule has 0 saturated heterocycles. The van der Waals surface area contributed by atoms with E-state index in [9.17, 15) is 0 Å². The molecule has 3 heterocycles. The second-order valence-corrected chi connectivity index (χ2v) is 6.68. The third-order valence-corrected chi connectivity index (χ3v) is 4.94. The summed E-state index contributed by atoms with van der Waals surface area (Å²) in [5.74, 6) is 2.09. The second-order valence-electron chi connectivity index (χ2n) is 5.74. The van der Waals surface area contributed by atoms with Crippen molar-refractivity contribution in [2.24, 2.45) is 0 Å². The average Bonchev–Trinajstić information content (AvgIpc) is 3.29. The molecule has 0 aliphatic carbocycles. The fourth-order valence-electron chi connectivity index (χ4n) is 2.57. The minimum atomic E-state index is 0.544. The minimum Gasteiger partial charge on any atom is -0.476 e. The van der Waals surface area contributed by atoms with Crippen LogP contribution in [0.4, 0.5) is 0 Å². The Kier molecular flexibility index (Phi) is 6.83. The van der Waals surface area contributed by atoms with Crippen molar-refractivity contribution < 1.29 is 9.47 Å². The molecule has 0 saturated carbocycles. The van der Waals surface area contributed by atoms with Crippen molar-refractivity contribution in [3.8, 4) is 17.3 Å². The molecule has 0 atom stereocenters. The van der Waals surface area contributed by atoms with Gasteiger partial charge in [0.05, 0.1) is 19.8 Å². The number of thioether (sulfide) groups is 1. The monoisotopic (exact) mass is 388 g/mol. The van der Waals surface area contributed by atoms with E-state index in [1.54, 1.807) is 25.1 Å². The van der Waals surface area contributed by atoms with Gasteiger partial charge in [0.15, 0.2) is 11.0 Å². The Labute approximate surface area is 162 Å². The first-order chi connectivity index (χ1) is 13.3. The van der Waals surface area contributed by atoms with Crippen molar-refractivity contribution in [1.82, 2.24) is 29.5 Å². The largest absolute Gasteiger partial charge is 0.476 e. The zero-order valence-corrected chi connectivity index (χ0v) is 16.6. The average molecular weight is 388 g/mol. The molecular weight excluding hydrogens is 364 g/mol. The van der Waals surface area contributed by atoms with Crippen LogP contribution < -0.4 is 4.74 Å². The van der Waals surface area contributed by atoms with Crippen LogP contribution >= 0.6 is 11.8 Å². The Morgan fingerprint density at radius 3 is 2.81 bits per heavy atom. The smallest absolute Gasteiger partial charge is 0.243 e. The van der Waals surface area contributed by atoms with Gasteiger partial charge in [0.1, 0.15) is 5.56 Å². The summed E-state index contributed by atoms with van der Waals surface area (Å²) in [6.07, 6.45) is 5.59. The number of aryl methyl sites for hydroxylation is 1. The molecule has 3 rings (SSSR count). The third kappa shape index (κ3) is 4.67. The number of hydrogen-bond acceptors (Lipinski definition) is 7. The van der Waals surface area contributed by atoms with E-state index < -0.39 is 0 Å². The van der Waals surface area contributed by atoms with E-state index in [-0.39, 0.29) is 0 Å². The maximum Gasteiger partial charge on any atom is 0.243 e. The van der Waals surface area contributed by atoms with Gasteiger partial charge in [0, 0.05) is 38.0 Å². The summed E-state index contributed by atoms with van der Waals surface area (Å²) in [4.78, 5) is 4.16. The lowest BCUT2D eigenvalue weighted by Gasteiger charge is -2.09. The van der Waals surface area contributed by atoms with Gasteiger partial charge in [-0.3, -0.25) is 14.2 Å². The van der Waals surface area contributed by atoms with Crippen molar-refractivity contribution in [3.63, 3.8) is 0 Å². The quantitative estimate of drug-likeness (QED) is 0.494. The van der Waals surface area contributed by atoms with Gasteiger partial charge in [-0.1, -0.05) is 17.8 Å². The van der Waals surface area contributed by atoms with E-state index in [1.165, 1.54) is 0 Å². The first-order valence-corrected chi connectivity index (χ1v) is 9.89. The number of hydrogen-bond donors (Lipinski definition) is 0. The van der Waals surface area contributed by atoms with Crippen molar-refractivity contribution >= 4 is 11.8 Å². The van der Waals surface area contributed by atoms with Gasteiger partial charge in [-0.15, -0.1) is 15.3 Å². The molecule has 0 fully saturated rings. The highest BCUT2D eigenvalue weighted by atomic mass is 32.2. The first kappa shape index (κ1) is 19.4. The van der Waals surface area contributed by atoms with E-state index in [0.717, 1.165) is 34.4 Å². The van der Waals surface area contributed by atoms with Gasteiger partial charge >= 0.3 is 0 Å². The van der Waals surface area contributed by atoms with Gasteiger partial charge in [-0.2, -0.15) is 0 Å². The van der Waals surface area contributed by atoms with E-state index >= 15 is 0 Å². The highest BCUT2D eigenvalue weighted by Gasteiger charge is 2.21. The van der Waals surface area contributed by atoms with Gasteiger partial charge < -0.3 is 9.47 Å². The Morgan fingerprint density at radius 1 is 1.22 bits per heavy atom. The summed E-state index contributed by atoms with van der Waals surface area (Å²) in [5, 5.41) is 14.2. The third-order valence-electron chi connectivity index (χ3n) is 3.90. The summed E-state index contributed by atoms with van der Waals surface area (Å²) >= 11 is 1.62. The zero-order chi connectivity index (χ0) is 19.1. The molecule has 0 aliphatic heterocycles. The summed E-state index contributed by atoms with van der Waals surface area (Å²) in [5.41, 5.74) is 1.98. The molecule has 0 radical (unpaired) electrons. The molecule has 0 N–H and O–H groups in total. The van der Waals surface area contributed by atoms with E-state index in [2.05, 4.69) is 30.9 Å². The fourth-order valence-corrected chi connectivity index (χ4v) is 3.47.